The first-order valence-electron chi connectivity index (χ1n) is 6.81. The Balaban J connectivity index is 2.07. The maximum Gasteiger partial charge on any atom is 0.143 e. The molecule has 2 rings (SSSR count). The number of tetrazole rings is 1. The maximum absolute atomic E-state index is 3.91. The van der Waals surface area contributed by atoms with E-state index in [1.165, 1.54) is 19.3 Å². The molecule has 0 fully saturated rings. The normalized spacial score (nSPS) is 12.4. The summed E-state index contributed by atoms with van der Waals surface area (Å²) >= 11 is 0. The first-order chi connectivity index (χ1) is 9.20. The van der Waals surface area contributed by atoms with Gasteiger partial charge in [-0.1, -0.05) is 19.8 Å². The van der Waals surface area contributed by atoms with Crippen LogP contribution in [0.5, 0.6) is 0 Å². The van der Waals surface area contributed by atoms with Crippen LogP contribution in [0, 0.1) is 6.92 Å². The number of nitrogens with zero attached hydrogens (tertiary/aromatic N) is 4. The minimum atomic E-state index is 0.498. The molecule has 1 unspecified atom stereocenters. The van der Waals surface area contributed by atoms with Crippen LogP contribution < -0.4 is 5.32 Å². The minimum Gasteiger partial charge on any atom is -0.383 e. The maximum atomic E-state index is 3.91. The van der Waals surface area contributed by atoms with E-state index in [2.05, 4.69) is 53.7 Å². The van der Waals surface area contributed by atoms with Crippen molar-refractivity contribution in [2.75, 3.05) is 5.32 Å². The van der Waals surface area contributed by atoms with Crippen LogP contribution in [0.4, 0.5) is 5.69 Å². The zero-order chi connectivity index (χ0) is 13.7. The Morgan fingerprint density at radius 1 is 1.37 bits per heavy atom. The zero-order valence-corrected chi connectivity index (χ0v) is 11.8. The Labute approximate surface area is 114 Å². The fraction of sp³-hybridized carbons (Fsp3) is 0.500. The lowest BCUT2D eigenvalue weighted by molar-refractivity contribution is 0.645. The lowest BCUT2D eigenvalue weighted by atomic mass is 10.1. The summed E-state index contributed by atoms with van der Waals surface area (Å²) in [5.41, 5.74) is 3.31. The molecule has 1 aromatic carbocycles. The first-order valence-corrected chi connectivity index (χ1v) is 6.81. The van der Waals surface area contributed by atoms with Crippen molar-refractivity contribution in [3.8, 4) is 5.69 Å². The van der Waals surface area contributed by atoms with Gasteiger partial charge < -0.3 is 5.32 Å². The van der Waals surface area contributed by atoms with Gasteiger partial charge in [0.05, 0.1) is 5.69 Å². The highest BCUT2D eigenvalue weighted by Crippen LogP contribution is 2.19. The van der Waals surface area contributed by atoms with Gasteiger partial charge in [-0.15, -0.1) is 5.10 Å². The van der Waals surface area contributed by atoms with Crippen molar-refractivity contribution in [3.63, 3.8) is 0 Å². The number of rotatable bonds is 6. The van der Waals surface area contributed by atoms with E-state index in [-0.39, 0.29) is 0 Å². The standard InChI is InChI=1S/C14H21N5/c1-4-5-6-12(3)16-13-7-8-14(11(2)9-13)19-10-15-17-18-19/h7-10,12,16H,4-6H2,1-3H3. The largest absolute Gasteiger partial charge is 0.383 e. The number of unbranched alkanes of at least 4 members (excludes halogenated alkanes) is 1. The Kier molecular flexibility index (Phi) is 4.49. The van der Waals surface area contributed by atoms with Crippen molar-refractivity contribution >= 4 is 5.69 Å². The van der Waals surface area contributed by atoms with Crippen LogP contribution in [-0.2, 0) is 0 Å². The lowest BCUT2D eigenvalue weighted by Gasteiger charge is -2.16. The van der Waals surface area contributed by atoms with Crippen LogP contribution in [-0.4, -0.2) is 26.2 Å². The Morgan fingerprint density at radius 3 is 2.84 bits per heavy atom. The smallest absolute Gasteiger partial charge is 0.143 e. The van der Waals surface area contributed by atoms with Crippen molar-refractivity contribution in [1.29, 1.82) is 0 Å². The predicted octanol–water partition coefficient (Wildman–Crippen LogP) is 2.96. The van der Waals surface area contributed by atoms with E-state index >= 15 is 0 Å². The van der Waals surface area contributed by atoms with Crippen molar-refractivity contribution in [2.45, 2.75) is 46.1 Å². The van der Waals surface area contributed by atoms with Crippen LogP contribution in [0.25, 0.3) is 5.69 Å². The van der Waals surface area contributed by atoms with Gasteiger partial charge in [-0.25, -0.2) is 4.68 Å². The predicted molar refractivity (Wildman–Crippen MR) is 76.5 cm³/mol. The van der Waals surface area contributed by atoms with Crippen LogP contribution in [0.1, 0.15) is 38.7 Å². The molecule has 0 saturated carbocycles. The highest BCUT2D eigenvalue weighted by atomic mass is 15.5. The third-order valence-corrected chi connectivity index (χ3v) is 3.20. The Bertz CT molecular complexity index is 507. The van der Waals surface area contributed by atoms with Gasteiger partial charge in [-0.05, 0) is 54.5 Å². The van der Waals surface area contributed by atoms with Gasteiger partial charge in [-0.2, -0.15) is 0 Å². The number of nitrogens with one attached hydrogen (secondary N) is 1. The monoisotopic (exact) mass is 259 g/mol. The van der Waals surface area contributed by atoms with Gasteiger partial charge in [-0.3, -0.25) is 0 Å². The highest BCUT2D eigenvalue weighted by molar-refractivity contribution is 5.53. The molecule has 1 heterocycles. The van der Waals surface area contributed by atoms with E-state index in [1.807, 2.05) is 6.07 Å². The van der Waals surface area contributed by atoms with Crippen molar-refractivity contribution < 1.29 is 0 Å². The van der Waals surface area contributed by atoms with Gasteiger partial charge in [0.1, 0.15) is 6.33 Å². The van der Waals surface area contributed by atoms with Gasteiger partial charge >= 0.3 is 0 Å². The lowest BCUT2D eigenvalue weighted by Crippen LogP contribution is -2.15. The molecule has 5 heteroatoms. The molecule has 0 aliphatic carbocycles. The topological polar surface area (TPSA) is 55.6 Å². The van der Waals surface area contributed by atoms with E-state index in [0.29, 0.717) is 6.04 Å². The molecule has 0 saturated heterocycles. The number of hydrogen-bond donors (Lipinski definition) is 1. The molecule has 102 valence electrons. The summed E-state index contributed by atoms with van der Waals surface area (Å²) in [6, 6.07) is 6.75. The quantitative estimate of drug-likeness (QED) is 0.866. The van der Waals surface area contributed by atoms with Crippen molar-refractivity contribution in [2.24, 2.45) is 0 Å². The molecule has 0 aliphatic rings. The molecular formula is C14H21N5. The van der Waals surface area contributed by atoms with E-state index in [0.717, 1.165) is 16.9 Å². The van der Waals surface area contributed by atoms with Gasteiger partial charge in [0.25, 0.3) is 0 Å². The molecule has 1 N–H and O–H groups in total. The Morgan fingerprint density at radius 2 is 2.21 bits per heavy atom. The summed E-state index contributed by atoms with van der Waals surface area (Å²) in [6.45, 7) is 6.51. The molecular weight excluding hydrogens is 238 g/mol. The van der Waals surface area contributed by atoms with Crippen LogP contribution in [0.2, 0.25) is 0 Å². The highest BCUT2D eigenvalue weighted by Gasteiger charge is 2.06. The second kappa shape index (κ2) is 6.31. The van der Waals surface area contributed by atoms with Gasteiger partial charge in [0.15, 0.2) is 0 Å². The summed E-state index contributed by atoms with van der Waals surface area (Å²) in [7, 11) is 0. The average Bonchev–Trinajstić information content (AvgIpc) is 2.90. The van der Waals surface area contributed by atoms with E-state index in [9.17, 15) is 0 Å². The first kappa shape index (κ1) is 13.5. The number of benzene rings is 1. The van der Waals surface area contributed by atoms with Crippen molar-refractivity contribution in [1.82, 2.24) is 20.2 Å². The molecule has 0 radical (unpaired) electrons. The zero-order valence-electron chi connectivity index (χ0n) is 11.8. The molecule has 1 atom stereocenters. The third kappa shape index (κ3) is 3.53. The second-order valence-electron chi connectivity index (χ2n) is 4.94. The third-order valence-electron chi connectivity index (χ3n) is 3.20. The molecule has 1 aromatic heterocycles. The fourth-order valence-electron chi connectivity index (χ4n) is 2.14. The van der Waals surface area contributed by atoms with Crippen LogP contribution in [0.15, 0.2) is 24.5 Å². The number of anilines is 1. The molecule has 2 aromatic rings. The summed E-state index contributed by atoms with van der Waals surface area (Å²) < 4.78 is 1.68. The number of hydrogen-bond acceptors (Lipinski definition) is 4. The number of aromatic nitrogens is 4. The van der Waals surface area contributed by atoms with Crippen LogP contribution in [0.3, 0.4) is 0 Å². The van der Waals surface area contributed by atoms with Gasteiger partial charge in [0, 0.05) is 11.7 Å². The van der Waals surface area contributed by atoms with Crippen molar-refractivity contribution in [3.05, 3.63) is 30.1 Å². The fourth-order valence-corrected chi connectivity index (χ4v) is 2.14. The molecule has 5 nitrogen and oxygen atoms in total. The Hall–Kier alpha value is -1.91. The average molecular weight is 259 g/mol. The second-order valence-corrected chi connectivity index (χ2v) is 4.94. The summed E-state index contributed by atoms with van der Waals surface area (Å²) in [5, 5.41) is 14.8. The molecule has 0 amide bonds. The van der Waals surface area contributed by atoms with E-state index in [4.69, 9.17) is 0 Å². The molecule has 0 spiro atoms. The number of aryl methyl sites for hydroxylation is 1. The van der Waals surface area contributed by atoms with E-state index in [1.54, 1.807) is 11.0 Å². The summed E-state index contributed by atoms with van der Waals surface area (Å²) in [5.74, 6) is 0. The van der Waals surface area contributed by atoms with Crippen LogP contribution >= 0.6 is 0 Å². The summed E-state index contributed by atoms with van der Waals surface area (Å²) in [4.78, 5) is 0. The SMILES string of the molecule is CCCCC(C)Nc1ccc(-n2cnnn2)c(C)c1. The summed E-state index contributed by atoms with van der Waals surface area (Å²) in [6.07, 6.45) is 5.31. The molecule has 0 aliphatic heterocycles. The van der Waals surface area contributed by atoms with Gasteiger partial charge in [0.2, 0.25) is 0 Å². The van der Waals surface area contributed by atoms with E-state index < -0.39 is 0 Å². The molecule has 19 heavy (non-hydrogen) atoms. The minimum absolute atomic E-state index is 0.498. The molecule has 0 bridgehead atoms.